The molecule has 0 aliphatic rings. The lowest BCUT2D eigenvalue weighted by molar-refractivity contribution is -0.113. The molecule has 0 aliphatic heterocycles. The van der Waals surface area contributed by atoms with Crippen LogP contribution in [0.5, 0.6) is 0 Å². The fourth-order valence-corrected chi connectivity index (χ4v) is 3.15. The van der Waals surface area contributed by atoms with Crippen LogP contribution in [-0.4, -0.2) is 31.2 Å². The highest BCUT2D eigenvalue weighted by atomic mass is 32.2. The van der Waals surface area contributed by atoms with E-state index in [1.165, 1.54) is 30.0 Å². The lowest BCUT2D eigenvalue weighted by Gasteiger charge is -2.07. The SMILES string of the molecule is CCCc1cc(=O)[nH]c2nnc(SCC(=O)Nc3ccccc3F)n12. The second-order valence-corrected chi connectivity index (χ2v) is 6.28. The summed E-state index contributed by atoms with van der Waals surface area (Å²) >= 11 is 1.17. The van der Waals surface area contributed by atoms with Crippen LogP contribution in [0.15, 0.2) is 40.3 Å². The number of halogens is 1. The van der Waals surface area contributed by atoms with Crippen molar-refractivity contribution in [1.29, 1.82) is 0 Å². The van der Waals surface area contributed by atoms with Gasteiger partial charge < -0.3 is 5.32 Å². The van der Waals surface area contributed by atoms with Crippen LogP contribution in [0, 0.1) is 5.82 Å². The Labute approximate surface area is 146 Å². The van der Waals surface area contributed by atoms with Crippen molar-refractivity contribution >= 4 is 29.1 Å². The zero-order valence-electron chi connectivity index (χ0n) is 13.5. The molecule has 0 unspecified atom stereocenters. The summed E-state index contributed by atoms with van der Waals surface area (Å²) in [4.78, 5) is 26.3. The van der Waals surface area contributed by atoms with E-state index in [1.807, 2.05) is 6.92 Å². The van der Waals surface area contributed by atoms with Crippen LogP contribution in [-0.2, 0) is 11.2 Å². The van der Waals surface area contributed by atoms with E-state index < -0.39 is 5.82 Å². The van der Waals surface area contributed by atoms with E-state index in [0.717, 1.165) is 12.1 Å². The molecule has 25 heavy (non-hydrogen) atoms. The molecule has 3 rings (SSSR count). The second kappa shape index (κ2) is 7.47. The van der Waals surface area contributed by atoms with E-state index in [-0.39, 0.29) is 22.9 Å². The minimum Gasteiger partial charge on any atom is -0.323 e. The number of thioether (sulfide) groups is 1. The first-order valence-corrected chi connectivity index (χ1v) is 8.71. The Morgan fingerprint density at radius 1 is 1.36 bits per heavy atom. The molecule has 0 fully saturated rings. The third kappa shape index (κ3) is 3.87. The van der Waals surface area contributed by atoms with Crippen molar-refractivity contribution in [3.63, 3.8) is 0 Å². The third-order valence-electron chi connectivity index (χ3n) is 3.44. The number of aromatic nitrogens is 4. The topological polar surface area (TPSA) is 92.2 Å². The molecule has 9 heteroatoms. The van der Waals surface area contributed by atoms with Crippen LogP contribution < -0.4 is 10.9 Å². The van der Waals surface area contributed by atoms with E-state index in [1.54, 1.807) is 16.5 Å². The Balaban J connectivity index is 1.76. The number of anilines is 1. The first kappa shape index (κ1) is 17.2. The molecule has 0 spiro atoms. The summed E-state index contributed by atoms with van der Waals surface area (Å²) in [6, 6.07) is 7.48. The fourth-order valence-electron chi connectivity index (χ4n) is 2.38. The standard InChI is InChI=1S/C16H16FN5O2S/c1-2-5-10-8-13(23)19-15-20-21-16(22(10)15)25-9-14(24)18-12-7-4-3-6-11(12)17/h3-4,6-8H,2,5,9H2,1H3,(H,18,24)(H,19,20,23). The number of H-pyrrole nitrogens is 1. The lowest BCUT2D eigenvalue weighted by atomic mass is 10.2. The Hall–Kier alpha value is -2.68. The van der Waals surface area contributed by atoms with Gasteiger partial charge in [0, 0.05) is 11.8 Å². The average Bonchev–Trinajstić information content (AvgIpc) is 2.98. The van der Waals surface area contributed by atoms with Crippen molar-refractivity contribution in [3.05, 3.63) is 52.2 Å². The molecule has 3 aromatic rings. The number of para-hydroxylation sites is 1. The summed E-state index contributed by atoms with van der Waals surface area (Å²) in [5.74, 6) is -0.460. The van der Waals surface area contributed by atoms with Crippen LogP contribution in [0.4, 0.5) is 10.1 Å². The molecule has 0 bridgehead atoms. The molecule has 0 atom stereocenters. The van der Waals surface area contributed by atoms with Crippen LogP contribution in [0.25, 0.3) is 5.78 Å². The quantitative estimate of drug-likeness (QED) is 0.657. The molecular weight excluding hydrogens is 345 g/mol. The monoisotopic (exact) mass is 361 g/mol. The van der Waals surface area contributed by atoms with Gasteiger partial charge in [-0.05, 0) is 18.6 Å². The molecule has 0 saturated heterocycles. The minimum absolute atomic E-state index is 0.0415. The maximum absolute atomic E-state index is 13.6. The van der Waals surface area contributed by atoms with E-state index in [0.29, 0.717) is 17.4 Å². The number of aromatic amines is 1. The normalized spacial score (nSPS) is 11.0. The van der Waals surface area contributed by atoms with Gasteiger partial charge in [-0.25, -0.2) is 4.39 Å². The number of fused-ring (bicyclic) bond motifs is 1. The Kier molecular flexibility index (Phi) is 5.13. The van der Waals surface area contributed by atoms with Crippen LogP contribution in [0.1, 0.15) is 19.0 Å². The molecule has 2 aromatic heterocycles. The van der Waals surface area contributed by atoms with Gasteiger partial charge in [-0.2, -0.15) is 0 Å². The van der Waals surface area contributed by atoms with Gasteiger partial charge in [0.2, 0.25) is 11.7 Å². The van der Waals surface area contributed by atoms with Crippen molar-refractivity contribution in [2.45, 2.75) is 24.9 Å². The lowest BCUT2D eigenvalue weighted by Crippen LogP contribution is -2.16. The maximum Gasteiger partial charge on any atom is 0.252 e. The van der Waals surface area contributed by atoms with Crippen molar-refractivity contribution in [2.24, 2.45) is 0 Å². The van der Waals surface area contributed by atoms with Crippen LogP contribution in [0.3, 0.4) is 0 Å². The number of hydrogen-bond donors (Lipinski definition) is 2. The summed E-state index contributed by atoms with van der Waals surface area (Å²) < 4.78 is 15.3. The molecule has 130 valence electrons. The zero-order chi connectivity index (χ0) is 17.8. The molecule has 7 nitrogen and oxygen atoms in total. The van der Waals surface area contributed by atoms with Gasteiger partial charge in [-0.15, -0.1) is 10.2 Å². The molecule has 0 aliphatic carbocycles. The van der Waals surface area contributed by atoms with Gasteiger partial charge in [-0.1, -0.05) is 37.2 Å². The number of nitrogens with one attached hydrogen (secondary N) is 2. The van der Waals surface area contributed by atoms with E-state index >= 15 is 0 Å². The van der Waals surface area contributed by atoms with E-state index in [2.05, 4.69) is 20.5 Å². The average molecular weight is 361 g/mol. The highest BCUT2D eigenvalue weighted by Crippen LogP contribution is 2.19. The number of amides is 1. The summed E-state index contributed by atoms with van der Waals surface area (Å²) in [6.45, 7) is 2.01. The zero-order valence-corrected chi connectivity index (χ0v) is 14.3. The van der Waals surface area contributed by atoms with Gasteiger partial charge in [0.05, 0.1) is 11.4 Å². The molecular formula is C16H16FN5O2S. The smallest absolute Gasteiger partial charge is 0.252 e. The van der Waals surface area contributed by atoms with Gasteiger partial charge in [0.25, 0.3) is 5.56 Å². The molecule has 2 N–H and O–H groups in total. The third-order valence-corrected chi connectivity index (χ3v) is 4.37. The Morgan fingerprint density at radius 3 is 2.92 bits per heavy atom. The van der Waals surface area contributed by atoms with Gasteiger partial charge in [0.15, 0.2) is 5.16 Å². The minimum atomic E-state index is -0.489. The van der Waals surface area contributed by atoms with E-state index in [4.69, 9.17) is 0 Å². The molecule has 1 amide bonds. The first-order valence-electron chi connectivity index (χ1n) is 7.73. The molecule has 2 heterocycles. The number of carbonyl (C=O) groups is 1. The fraction of sp³-hybridized carbons (Fsp3) is 0.250. The van der Waals surface area contributed by atoms with E-state index in [9.17, 15) is 14.0 Å². The predicted molar refractivity (Wildman–Crippen MR) is 93.4 cm³/mol. The summed E-state index contributed by atoms with van der Waals surface area (Å²) in [6.07, 6.45) is 1.54. The van der Waals surface area contributed by atoms with Crippen LogP contribution in [0.2, 0.25) is 0 Å². The number of carbonyl (C=O) groups excluding carboxylic acids is 1. The summed E-state index contributed by atoms with van der Waals surface area (Å²) in [5.41, 5.74) is 0.677. The largest absolute Gasteiger partial charge is 0.323 e. The second-order valence-electron chi connectivity index (χ2n) is 5.33. The van der Waals surface area contributed by atoms with Crippen molar-refractivity contribution in [3.8, 4) is 0 Å². The molecule has 0 saturated carbocycles. The number of hydrogen-bond acceptors (Lipinski definition) is 5. The number of benzene rings is 1. The van der Waals surface area contributed by atoms with Gasteiger partial charge in [0.1, 0.15) is 5.82 Å². The summed E-state index contributed by atoms with van der Waals surface area (Å²) in [5, 5.41) is 11.0. The number of rotatable bonds is 6. The van der Waals surface area contributed by atoms with Crippen molar-refractivity contribution in [1.82, 2.24) is 19.6 Å². The Morgan fingerprint density at radius 2 is 2.16 bits per heavy atom. The highest BCUT2D eigenvalue weighted by Gasteiger charge is 2.14. The molecule has 0 radical (unpaired) electrons. The predicted octanol–water partition coefficient (Wildman–Crippen LogP) is 2.24. The number of aryl methyl sites for hydroxylation is 1. The van der Waals surface area contributed by atoms with Crippen LogP contribution >= 0.6 is 11.8 Å². The van der Waals surface area contributed by atoms with Crippen molar-refractivity contribution < 1.29 is 9.18 Å². The first-order chi connectivity index (χ1) is 12.1. The highest BCUT2D eigenvalue weighted by molar-refractivity contribution is 7.99. The van der Waals surface area contributed by atoms with Gasteiger partial charge in [-0.3, -0.25) is 19.0 Å². The Bertz CT molecular complexity index is 969. The van der Waals surface area contributed by atoms with Crippen molar-refractivity contribution in [2.75, 3.05) is 11.1 Å². The molecule has 1 aromatic carbocycles. The summed E-state index contributed by atoms with van der Waals surface area (Å²) in [7, 11) is 0. The number of nitrogens with zero attached hydrogens (tertiary/aromatic N) is 3. The van der Waals surface area contributed by atoms with Gasteiger partial charge >= 0.3 is 0 Å². The maximum atomic E-state index is 13.6.